The molecule has 0 bridgehead atoms. The van der Waals surface area contributed by atoms with Crippen molar-refractivity contribution < 1.29 is 17.7 Å². The topological polar surface area (TPSA) is 118 Å². The molecule has 1 aromatic heterocycles. The van der Waals surface area contributed by atoms with Gasteiger partial charge >= 0.3 is 0 Å². The Balaban J connectivity index is 1.68. The lowest BCUT2D eigenvalue weighted by molar-refractivity contribution is 0.0200. The van der Waals surface area contributed by atoms with Crippen LogP contribution in [0.5, 0.6) is 0 Å². The van der Waals surface area contributed by atoms with E-state index in [0.717, 1.165) is 25.0 Å². The number of hydrogen-bond donors (Lipinski definition) is 3. The van der Waals surface area contributed by atoms with Crippen LogP contribution in [0.2, 0.25) is 0 Å². The number of sulfonamides is 1. The van der Waals surface area contributed by atoms with Crippen molar-refractivity contribution in [2.45, 2.75) is 51.7 Å². The molecule has 1 aliphatic rings. The fourth-order valence-electron chi connectivity index (χ4n) is 2.64. The maximum Gasteiger partial charge on any atom is 0.213 e. The molecule has 0 radical (unpaired) electrons. The SMILES string of the molecule is CN=C(NCCS(=O)(=O)NCC1CCCCO1)NCc1cc(C(C)C)no1. The Morgan fingerprint density at radius 2 is 2.19 bits per heavy atom. The largest absolute Gasteiger partial charge is 0.377 e. The van der Waals surface area contributed by atoms with Crippen molar-refractivity contribution in [3.63, 3.8) is 0 Å². The first kappa shape index (κ1) is 21.6. The van der Waals surface area contributed by atoms with Crippen molar-refractivity contribution in [1.29, 1.82) is 0 Å². The molecule has 1 unspecified atom stereocenters. The molecule has 9 nitrogen and oxygen atoms in total. The molecule has 2 rings (SSSR count). The molecule has 0 aliphatic carbocycles. The van der Waals surface area contributed by atoms with Gasteiger partial charge in [0.2, 0.25) is 10.0 Å². The van der Waals surface area contributed by atoms with E-state index in [9.17, 15) is 8.42 Å². The number of nitrogens with one attached hydrogen (secondary N) is 3. The summed E-state index contributed by atoms with van der Waals surface area (Å²) >= 11 is 0. The number of nitrogens with zero attached hydrogens (tertiary/aromatic N) is 2. The van der Waals surface area contributed by atoms with Crippen LogP contribution in [0, 0.1) is 0 Å². The molecule has 1 aromatic rings. The predicted octanol–water partition coefficient (Wildman–Crippen LogP) is 0.952. The van der Waals surface area contributed by atoms with E-state index in [1.54, 1.807) is 7.05 Å². The molecule has 1 saturated heterocycles. The van der Waals surface area contributed by atoms with E-state index >= 15 is 0 Å². The summed E-state index contributed by atoms with van der Waals surface area (Å²) in [6.07, 6.45) is 3.01. The number of ether oxygens (including phenoxy) is 1. The summed E-state index contributed by atoms with van der Waals surface area (Å²) < 4.78 is 37.6. The minimum Gasteiger partial charge on any atom is -0.377 e. The lowest BCUT2D eigenvalue weighted by Gasteiger charge is -2.22. The van der Waals surface area contributed by atoms with E-state index in [1.807, 2.05) is 19.9 Å². The fraction of sp³-hybridized carbons (Fsp3) is 0.765. The van der Waals surface area contributed by atoms with Crippen LogP contribution in [-0.2, 0) is 21.3 Å². The molecule has 1 atom stereocenters. The van der Waals surface area contributed by atoms with Gasteiger partial charge in [0.1, 0.15) is 0 Å². The second-order valence-electron chi connectivity index (χ2n) is 6.88. The first-order valence-electron chi connectivity index (χ1n) is 9.38. The van der Waals surface area contributed by atoms with Crippen LogP contribution in [-0.4, -0.2) is 58.1 Å². The van der Waals surface area contributed by atoms with E-state index in [4.69, 9.17) is 9.26 Å². The maximum absolute atomic E-state index is 12.1. The van der Waals surface area contributed by atoms with Gasteiger partial charge in [-0.05, 0) is 25.2 Å². The molecule has 0 spiro atoms. The van der Waals surface area contributed by atoms with Crippen LogP contribution in [0.1, 0.15) is 50.5 Å². The van der Waals surface area contributed by atoms with Crippen LogP contribution in [0.25, 0.3) is 0 Å². The molecule has 10 heteroatoms. The highest BCUT2D eigenvalue weighted by atomic mass is 32.2. The van der Waals surface area contributed by atoms with Gasteiger partial charge in [0.05, 0.1) is 24.1 Å². The third kappa shape index (κ3) is 7.86. The van der Waals surface area contributed by atoms with Crippen LogP contribution in [0.3, 0.4) is 0 Å². The third-order valence-electron chi connectivity index (χ3n) is 4.29. The van der Waals surface area contributed by atoms with Gasteiger partial charge in [-0.3, -0.25) is 4.99 Å². The van der Waals surface area contributed by atoms with E-state index in [-0.39, 0.29) is 18.4 Å². The molecule has 2 heterocycles. The highest BCUT2D eigenvalue weighted by Gasteiger charge is 2.17. The van der Waals surface area contributed by atoms with Crippen molar-refractivity contribution in [2.24, 2.45) is 4.99 Å². The summed E-state index contributed by atoms with van der Waals surface area (Å²) in [7, 11) is -1.73. The van der Waals surface area contributed by atoms with E-state index in [1.165, 1.54) is 0 Å². The Kier molecular flexibility index (Phi) is 8.52. The Hall–Kier alpha value is -1.65. The molecular weight excluding hydrogens is 370 g/mol. The quantitative estimate of drug-likeness (QED) is 0.416. The highest BCUT2D eigenvalue weighted by Crippen LogP contribution is 2.13. The average molecular weight is 402 g/mol. The van der Waals surface area contributed by atoms with Gasteiger partial charge in [0, 0.05) is 32.8 Å². The Morgan fingerprint density at radius 1 is 1.37 bits per heavy atom. The summed E-state index contributed by atoms with van der Waals surface area (Å²) in [5, 5.41) is 10.1. The molecule has 3 N–H and O–H groups in total. The first-order valence-corrected chi connectivity index (χ1v) is 11.0. The molecule has 1 fully saturated rings. The number of aromatic nitrogens is 1. The van der Waals surface area contributed by atoms with Gasteiger partial charge in [-0.1, -0.05) is 19.0 Å². The minimum atomic E-state index is -3.36. The van der Waals surface area contributed by atoms with Gasteiger partial charge in [0.15, 0.2) is 11.7 Å². The lowest BCUT2D eigenvalue weighted by atomic mass is 10.1. The highest BCUT2D eigenvalue weighted by molar-refractivity contribution is 7.89. The van der Waals surface area contributed by atoms with Gasteiger partial charge in [-0.25, -0.2) is 13.1 Å². The monoisotopic (exact) mass is 401 g/mol. The molecule has 154 valence electrons. The zero-order valence-corrected chi connectivity index (χ0v) is 17.1. The molecule has 0 amide bonds. The van der Waals surface area contributed by atoms with Gasteiger partial charge in [-0.15, -0.1) is 0 Å². The van der Waals surface area contributed by atoms with E-state index in [2.05, 4.69) is 25.5 Å². The molecular formula is C17H31N5O4S. The third-order valence-corrected chi connectivity index (χ3v) is 5.64. The summed E-state index contributed by atoms with van der Waals surface area (Å²) in [6, 6.07) is 1.90. The smallest absolute Gasteiger partial charge is 0.213 e. The minimum absolute atomic E-state index is 0.0199. The zero-order chi connectivity index (χ0) is 19.7. The first-order chi connectivity index (χ1) is 12.9. The Morgan fingerprint density at radius 3 is 2.81 bits per heavy atom. The van der Waals surface area contributed by atoms with E-state index in [0.29, 0.717) is 37.3 Å². The predicted molar refractivity (Wildman–Crippen MR) is 104 cm³/mol. The second-order valence-corrected chi connectivity index (χ2v) is 8.81. The number of aliphatic imine (C=N–C) groups is 1. The Bertz CT molecular complexity index is 696. The summed E-state index contributed by atoms with van der Waals surface area (Å²) in [6.45, 7) is 5.80. The maximum atomic E-state index is 12.1. The van der Waals surface area contributed by atoms with Crippen LogP contribution >= 0.6 is 0 Å². The number of hydrogen-bond acceptors (Lipinski definition) is 6. The normalized spacial score (nSPS) is 18.7. The van der Waals surface area contributed by atoms with Gasteiger partial charge in [-0.2, -0.15) is 0 Å². The summed E-state index contributed by atoms with van der Waals surface area (Å²) in [5.41, 5.74) is 0.897. The van der Waals surface area contributed by atoms with Crippen molar-refractivity contribution in [1.82, 2.24) is 20.5 Å². The van der Waals surface area contributed by atoms with Crippen molar-refractivity contribution in [2.75, 3.05) is 32.5 Å². The van der Waals surface area contributed by atoms with Crippen LogP contribution < -0.4 is 15.4 Å². The van der Waals surface area contributed by atoms with E-state index < -0.39 is 10.0 Å². The molecule has 27 heavy (non-hydrogen) atoms. The Labute approximate surface area is 161 Å². The number of rotatable bonds is 9. The molecule has 0 aromatic carbocycles. The van der Waals surface area contributed by atoms with Crippen LogP contribution in [0.15, 0.2) is 15.6 Å². The van der Waals surface area contributed by atoms with Crippen molar-refractivity contribution in [3.05, 3.63) is 17.5 Å². The second kappa shape index (κ2) is 10.6. The van der Waals surface area contributed by atoms with Crippen LogP contribution in [0.4, 0.5) is 0 Å². The molecule has 0 saturated carbocycles. The van der Waals surface area contributed by atoms with Gasteiger partial charge < -0.3 is 19.9 Å². The number of guanidine groups is 1. The lowest BCUT2D eigenvalue weighted by Crippen LogP contribution is -2.42. The molecule has 1 aliphatic heterocycles. The van der Waals surface area contributed by atoms with Crippen molar-refractivity contribution in [3.8, 4) is 0 Å². The fourth-order valence-corrected chi connectivity index (χ4v) is 3.60. The standard InChI is InChI=1S/C17H31N5O4S/c1-13(2)16-10-15(26-22-16)11-20-17(18-3)19-7-9-27(23,24)21-12-14-6-4-5-8-25-14/h10,13-14,21H,4-9,11-12H2,1-3H3,(H2,18,19,20). The summed E-state index contributed by atoms with van der Waals surface area (Å²) in [4.78, 5) is 4.08. The zero-order valence-electron chi connectivity index (χ0n) is 16.3. The average Bonchev–Trinajstić information content (AvgIpc) is 3.13. The van der Waals surface area contributed by atoms with Crippen molar-refractivity contribution >= 4 is 16.0 Å². The van der Waals surface area contributed by atoms with Gasteiger partial charge in [0.25, 0.3) is 0 Å². The summed E-state index contributed by atoms with van der Waals surface area (Å²) in [5.74, 6) is 1.46.